The molecule has 0 unspecified atom stereocenters. The Kier molecular flexibility index (Phi) is 4.35. The van der Waals surface area contributed by atoms with E-state index >= 15 is 0 Å². The molecule has 1 heterocycles. The maximum atomic E-state index is 12.4. The summed E-state index contributed by atoms with van der Waals surface area (Å²) < 4.78 is 37.1. The van der Waals surface area contributed by atoms with Gasteiger partial charge >= 0.3 is 6.18 Å². The van der Waals surface area contributed by atoms with E-state index in [2.05, 4.69) is 15.5 Å². The number of hydrogen-bond acceptors (Lipinski definition) is 5. The molecule has 0 spiro atoms. The Morgan fingerprint density at radius 2 is 2.05 bits per heavy atom. The van der Waals surface area contributed by atoms with Crippen LogP contribution in [-0.4, -0.2) is 16.1 Å². The first-order valence-electron chi connectivity index (χ1n) is 5.93. The van der Waals surface area contributed by atoms with Crippen LogP contribution in [0.25, 0.3) is 0 Å². The van der Waals surface area contributed by atoms with Crippen LogP contribution in [0.1, 0.15) is 11.1 Å². The zero-order valence-electron chi connectivity index (χ0n) is 10.9. The molecule has 1 N–H and O–H groups in total. The van der Waals surface area contributed by atoms with E-state index in [0.29, 0.717) is 11.8 Å². The van der Waals surface area contributed by atoms with Gasteiger partial charge in [0.15, 0.2) is 0 Å². The summed E-state index contributed by atoms with van der Waals surface area (Å²) >= 11 is 0. The molecule has 0 aliphatic carbocycles. The highest BCUT2D eigenvalue weighted by molar-refractivity contribution is 5.81. The average Bonchev–Trinajstić information content (AvgIpc) is 2.47. The van der Waals surface area contributed by atoms with E-state index in [1.54, 1.807) is 6.07 Å². The molecule has 0 aliphatic heterocycles. The summed E-state index contributed by atoms with van der Waals surface area (Å²) in [7, 11) is 0. The van der Waals surface area contributed by atoms with E-state index in [0.717, 1.165) is 12.1 Å². The summed E-state index contributed by atoms with van der Waals surface area (Å²) in [6.07, 6.45) is -2.46. The van der Waals surface area contributed by atoms with Crippen molar-refractivity contribution in [3.63, 3.8) is 0 Å². The molecule has 1 aromatic heterocycles. The smallest absolute Gasteiger partial charge is 0.261 e. The van der Waals surface area contributed by atoms with Crippen LogP contribution in [-0.2, 0) is 6.18 Å². The standard InChI is InChI=1S/C13H9F3N4O2/c14-13(15,16)10-4-5-12(17-8-10)19-18-7-9-2-1-3-11(6-9)20(21)22/h1-8H,(H,17,19)/b18-7-. The molecule has 2 aromatic rings. The summed E-state index contributed by atoms with van der Waals surface area (Å²) in [5.74, 6) is 0.120. The van der Waals surface area contributed by atoms with Crippen molar-refractivity contribution in [3.8, 4) is 0 Å². The predicted octanol–water partition coefficient (Wildman–Crippen LogP) is 3.45. The van der Waals surface area contributed by atoms with Crippen molar-refractivity contribution in [2.45, 2.75) is 6.18 Å². The number of hydrogen-bond donors (Lipinski definition) is 1. The number of non-ortho nitro benzene ring substituents is 1. The second kappa shape index (κ2) is 6.20. The monoisotopic (exact) mass is 310 g/mol. The number of pyridine rings is 1. The topological polar surface area (TPSA) is 80.4 Å². The first kappa shape index (κ1) is 15.4. The molecular formula is C13H9F3N4O2. The van der Waals surface area contributed by atoms with E-state index < -0.39 is 16.7 Å². The second-order valence-electron chi connectivity index (χ2n) is 4.15. The fraction of sp³-hybridized carbons (Fsp3) is 0.0769. The van der Waals surface area contributed by atoms with Crippen LogP contribution < -0.4 is 5.43 Å². The molecule has 22 heavy (non-hydrogen) atoms. The quantitative estimate of drug-likeness (QED) is 0.533. The van der Waals surface area contributed by atoms with Gasteiger partial charge in [-0.1, -0.05) is 12.1 Å². The number of halogens is 3. The van der Waals surface area contributed by atoms with Gasteiger partial charge in [0.25, 0.3) is 5.69 Å². The molecule has 0 amide bonds. The van der Waals surface area contributed by atoms with Gasteiger partial charge in [-0.25, -0.2) is 4.98 Å². The third-order valence-corrected chi connectivity index (χ3v) is 2.56. The Labute approximate surface area is 122 Å². The minimum Gasteiger partial charge on any atom is -0.261 e. The van der Waals surface area contributed by atoms with Gasteiger partial charge in [-0.05, 0) is 12.1 Å². The van der Waals surface area contributed by atoms with Crippen molar-refractivity contribution in [1.29, 1.82) is 0 Å². The number of aromatic nitrogens is 1. The van der Waals surface area contributed by atoms with Crippen molar-refractivity contribution in [1.82, 2.24) is 4.98 Å². The molecule has 0 atom stereocenters. The van der Waals surface area contributed by atoms with Crippen LogP contribution in [0, 0.1) is 10.1 Å². The molecule has 114 valence electrons. The lowest BCUT2D eigenvalue weighted by atomic mass is 10.2. The summed E-state index contributed by atoms with van der Waals surface area (Å²) in [4.78, 5) is 13.6. The van der Waals surface area contributed by atoms with Gasteiger partial charge in [-0.2, -0.15) is 18.3 Å². The van der Waals surface area contributed by atoms with E-state index in [1.807, 2.05) is 0 Å². The molecule has 9 heteroatoms. The van der Waals surface area contributed by atoms with Crippen LogP contribution in [0.3, 0.4) is 0 Å². The van der Waals surface area contributed by atoms with Gasteiger partial charge in [0.2, 0.25) is 0 Å². The number of nitro groups is 1. The fourth-order valence-corrected chi connectivity index (χ4v) is 1.52. The number of hydrazone groups is 1. The molecule has 0 radical (unpaired) electrons. The van der Waals surface area contributed by atoms with Gasteiger partial charge in [-0.15, -0.1) is 0 Å². The number of nitrogens with zero attached hydrogens (tertiary/aromatic N) is 3. The van der Waals surface area contributed by atoms with Crippen molar-refractivity contribution >= 4 is 17.7 Å². The third kappa shape index (κ3) is 4.01. The Hall–Kier alpha value is -2.97. The molecule has 0 saturated heterocycles. The molecular weight excluding hydrogens is 301 g/mol. The Balaban J connectivity index is 2.03. The number of benzene rings is 1. The van der Waals surface area contributed by atoms with Gasteiger partial charge in [-0.3, -0.25) is 15.5 Å². The predicted molar refractivity (Wildman–Crippen MR) is 73.6 cm³/mol. The van der Waals surface area contributed by atoms with Gasteiger partial charge in [0.1, 0.15) is 5.82 Å². The second-order valence-corrected chi connectivity index (χ2v) is 4.15. The van der Waals surface area contributed by atoms with Gasteiger partial charge in [0.05, 0.1) is 16.7 Å². The maximum absolute atomic E-state index is 12.4. The van der Waals surface area contributed by atoms with E-state index in [1.165, 1.54) is 24.4 Å². The van der Waals surface area contributed by atoms with Crippen LogP contribution >= 0.6 is 0 Å². The Morgan fingerprint density at radius 3 is 2.64 bits per heavy atom. The van der Waals surface area contributed by atoms with E-state index in [9.17, 15) is 23.3 Å². The van der Waals surface area contributed by atoms with Crippen LogP contribution in [0.15, 0.2) is 47.7 Å². The first-order valence-corrected chi connectivity index (χ1v) is 5.93. The number of anilines is 1. The molecule has 0 bridgehead atoms. The van der Waals surface area contributed by atoms with Gasteiger partial charge < -0.3 is 0 Å². The fourth-order valence-electron chi connectivity index (χ4n) is 1.52. The number of alkyl halides is 3. The molecule has 1 aromatic carbocycles. The van der Waals surface area contributed by atoms with Crippen LogP contribution in [0.5, 0.6) is 0 Å². The highest BCUT2D eigenvalue weighted by Crippen LogP contribution is 2.28. The minimum absolute atomic E-state index is 0.0865. The molecule has 0 fully saturated rings. The SMILES string of the molecule is O=[N+]([O-])c1cccc(/C=N\Nc2ccc(C(F)(F)F)cn2)c1. The summed E-state index contributed by atoms with van der Waals surface area (Å²) in [6, 6.07) is 7.74. The summed E-state index contributed by atoms with van der Waals surface area (Å²) in [6.45, 7) is 0. The highest BCUT2D eigenvalue weighted by atomic mass is 19.4. The summed E-state index contributed by atoms with van der Waals surface area (Å²) in [5.41, 5.74) is 1.96. The first-order chi connectivity index (χ1) is 10.4. The molecule has 0 aliphatic rings. The number of nitro benzene ring substituents is 1. The Bertz CT molecular complexity index is 699. The molecule has 2 rings (SSSR count). The highest BCUT2D eigenvalue weighted by Gasteiger charge is 2.30. The van der Waals surface area contributed by atoms with Gasteiger partial charge in [0, 0.05) is 23.9 Å². The number of rotatable bonds is 4. The molecule has 6 nitrogen and oxygen atoms in total. The third-order valence-electron chi connectivity index (χ3n) is 2.56. The lowest BCUT2D eigenvalue weighted by Crippen LogP contribution is -2.05. The summed E-state index contributed by atoms with van der Waals surface area (Å²) in [5, 5.41) is 14.4. The number of nitrogens with one attached hydrogen (secondary N) is 1. The van der Waals surface area contributed by atoms with Crippen molar-refractivity contribution < 1.29 is 18.1 Å². The van der Waals surface area contributed by atoms with Crippen molar-refractivity contribution in [3.05, 3.63) is 63.8 Å². The average molecular weight is 310 g/mol. The minimum atomic E-state index is -4.45. The van der Waals surface area contributed by atoms with Crippen molar-refractivity contribution in [2.75, 3.05) is 5.43 Å². The van der Waals surface area contributed by atoms with E-state index in [4.69, 9.17) is 0 Å². The van der Waals surface area contributed by atoms with Crippen LogP contribution in [0.4, 0.5) is 24.7 Å². The largest absolute Gasteiger partial charge is 0.417 e. The lowest BCUT2D eigenvalue weighted by molar-refractivity contribution is -0.384. The van der Waals surface area contributed by atoms with Crippen molar-refractivity contribution in [2.24, 2.45) is 5.10 Å². The Morgan fingerprint density at radius 1 is 1.27 bits per heavy atom. The molecule has 0 saturated carbocycles. The van der Waals surface area contributed by atoms with E-state index in [-0.39, 0.29) is 11.5 Å². The maximum Gasteiger partial charge on any atom is 0.417 e. The van der Waals surface area contributed by atoms with Crippen LogP contribution in [0.2, 0.25) is 0 Å². The lowest BCUT2D eigenvalue weighted by Gasteiger charge is -2.06. The zero-order chi connectivity index (χ0) is 16.2. The normalized spacial score (nSPS) is 11.6. The zero-order valence-corrected chi connectivity index (χ0v) is 10.9.